The molecule has 8 atom stereocenters. The van der Waals surface area contributed by atoms with E-state index in [1.54, 1.807) is 0 Å². The maximum Gasteiger partial charge on any atom is 0.397 e. The summed E-state index contributed by atoms with van der Waals surface area (Å²) in [5.74, 6) is -0.245. The second kappa shape index (κ2) is 41.1. The van der Waals surface area contributed by atoms with E-state index in [0.717, 1.165) is 44.9 Å². The maximum atomic E-state index is 13.2. The molecule has 0 bridgehead atoms. The summed E-state index contributed by atoms with van der Waals surface area (Å²) in [5, 5.41) is 56.7. The van der Waals surface area contributed by atoms with Gasteiger partial charge in [-0.1, -0.05) is 232 Å². The van der Waals surface area contributed by atoms with Crippen molar-refractivity contribution in [1.29, 1.82) is 0 Å². The van der Waals surface area contributed by atoms with Crippen LogP contribution in [0.3, 0.4) is 0 Å². The third-order valence-electron chi connectivity index (χ3n) is 13.5. The number of hydrogen-bond acceptors (Lipinski definition) is 10. The van der Waals surface area contributed by atoms with E-state index in [0.29, 0.717) is 12.8 Å². The van der Waals surface area contributed by atoms with Crippen molar-refractivity contribution in [2.24, 2.45) is 0 Å². The Hall–Kier alpha value is -0.900. The summed E-state index contributed by atoms with van der Waals surface area (Å²) in [7, 11) is -4.85. The zero-order valence-corrected chi connectivity index (χ0v) is 41.9. The van der Waals surface area contributed by atoms with Gasteiger partial charge in [-0.25, -0.2) is 4.18 Å². The molecule has 0 aromatic rings. The van der Waals surface area contributed by atoms with Crippen LogP contribution in [0.5, 0.6) is 0 Å². The highest BCUT2D eigenvalue weighted by Gasteiger charge is 2.44. The molecule has 13 heteroatoms. The van der Waals surface area contributed by atoms with E-state index in [1.165, 1.54) is 173 Å². The molecule has 1 aliphatic heterocycles. The molecule has 382 valence electrons. The van der Waals surface area contributed by atoms with Gasteiger partial charge in [-0.15, -0.1) is 0 Å². The third kappa shape index (κ3) is 33.6. The molecule has 1 rings (SSSR count). The highest BCUT2D eigenvalue weighted by molar-refractivity contribution is 7.80. The minimum absolute atomic E-state index is 0.0000915. The van der Waals surface area contributed by atoms with E-state index in [2.05, 4.69) is 23.3 Å². The number of rotatable bonds is 46. The zero-order valence-electron chi connectivity index (χ0n) is 41.0. The minimum Gasteiger partial charge on any atom is -0.390 e. The van der Waals surface area contributed by atoms with E-state index < -0.39 is 65.8 Å². The largest absolute Gasteiger partial charge is 0.397 e. The van der Waals surface area contributed by atoms with Gasteiger partial charge in [0.25, 0.3) is 0 Å². The summed E-state index contributed by atoms with van der Waals surface area (Å²) in [5.41, 5.74) is 0. The second-order valence-corrected chi connectivity index (χ2v) is 20.5. The predicted molar refractivity (Wildman–Crippen MR) is 260 cm³/mol. The molecule has 1 heterocycles. The number of carbonyl (C=O) groups excluding carboxylic acids is 1. The van der Waals surface area contributed by atoms with E-state index in [9.17, 15) is 38.7 Å². The fraction of sp³-hybridized carbons (Fsp3) is 0.980. The molecule has 7 N–H and O–H groups in total. The summed E-state index contributed by atoms with van der Waals surface area (Å²) < 4.78 is 41.3. The monoisotopic (exact) mass is 936 g/mol. The second-order valence-electron chi connectivity index (χ2n) is 19.4. The summed E-state index contributed by atoms with van der Waals surface area (Å²) in [6, 6.07) is -0.878. The van der Waals surface area contributed by atoms with Gasteiger partial charge in [0.2, 0.25) is 5.91 Å². The average Bonchev–Trinajstić information content (AvgIpc) is 3.27. The lowest BCUT2D eigenvalue weighted by molar-refractivity contribution is -0.229. The molecule has 0 saturated carbocycles. The molecule has 0 aliphatic carbocycles. The number of aliphatic hydroxyl groups is 5. The van der Waals surface area contributed by atoms with Crippen LogP contribution >= 0.6 is 0 Å². The van der Waals surface area contributed by atoms with E-state index >= 15 is 0 Å². The van der Waals surface area contributed by atoms with Crippen LogP contribution in [0.4, 0.5) is 0 Å². The number of hydrogen-bond donors (Lipinski definition) is 7. The quantitative estimate of drug-likeness (QED) is 0.0226. The maximum absolute atomic E-state index is 13.2. The van der Waals surface area contributed by atoms with Crippen LogP contribution in [0.1, 0.15) is 264 Å². The normalized spacial score (nSPS) is 20.7. The van der Waals surface area contributed by atoms with Crippen molar-refractivity contribution >= 4 is 16.3 Å². The van der Waals surface area contributed by atoms with Crippen LogP contribution in [-0.4, -0.2) is 99.8 Å². The van der Waals surface area contributed by atoms with Gasteiger partial charge >= 0.3 is 10.4 Å². The van der Waals surface area contributed by atoms with Gasteiger partial charge in [-0.05, 0) is 25.7 Å². The van der Waals surface area contributed by atoms with Crippen LogP contribution in [0, 0.1) is 0 Å². The summed E-state index contributed by atoms with van der Waals surface area (Å²) in [4.78, 5) is 13.2. The molecule has 1 fully saturated rings. The molecule has 0 spiro atoms. The molecule has 64 heavy (non-hydrogen) atoms. The number of ether oxygens (including phenoxy) is 1. The number of nitrogens with one attached hydrogen (secondary N) is 1. The Bertz CT molecular complexity index is 1160. The number of amides is 1. The van der Waals surface area contributed by atoms with Crippen LogP contribution < -0.4 is 5.32 Å². The highest BCUT2D eigenvalue weighted by atomic mass is 32.3. The number of carbonyl (C=O) groups is 1. The van der Waals surface area contributed by atoms with E-state index in [-0.39, 0.29) is 25.2 Å². The molecule has 1 amide bonds. The standard InChI is InChI=1S/C51H101NO11S/c1-3-5-7-9-11-13-15-17-18-19-20-21-22-23-24-25-26-27-29-31-33-35-37-39-47(54)52-43(40-41-45-49(56)51(58)50(57)46(63-45)42-62-64(59,60)61)48(55)44(53)38-36-34-32-30-28-16-14-12-10-8-6-4-2/h43-46,48-51,53,55-58H,3-42H2,1-2H3,(H,52,54)(H,59,60,61)/t43?,44?,45-,46?,48?,49?,50+,51?/m1/s1. The fourth-order valence-corrected chi connectivity index (χ4v) is 9.52. The zero-order chi connectivity index (χ0) is 47.1. The van der Waals surface area contributed by atoms with Crippen LogP contribution in [0.25, 0.3) is 0 Å². The van der Waals surface area contributed by atoms with Gasteiger partial charge in [-0.2, -0.15) is 8.42 Å². The van der Waals surface area contributed by atoms with Gasteiger partial charge in [0.15, 0.2) is 0 Å². The van der Waals surface area contributed by atoms with Crippen molar-refractivity contribution in [2.45, 2.75) is 313 Å². The van der Waals surface area contributed by atoms with Crippen molar-refractivity contribution < 1.29 is 52.2 Å². The van der Waals surface area contributed by atoms with E-state index in [1.807, 2.05) is 0 Å². The Morgan fingerprint density at radius 2 is 0.859 bits per heavy atom. The Morgan fingerprint density at radius 3 is 1.23 bits per heavy atom. The molecular weight excluding hydrogens is 835 g/mol. The Morgan fingerprint density at radius 1 is 0.516 bits per heavy atom. The SMILES string of the molecule is CCCCCCCCCCCCCCCCCCCCCCCCCC(=O)NC(CC[C@H]1OC(COS(=O)(=O)O)[C@H](O)C(O)C1O)C(O)C(O)CCCCCCCCCCCCCC. The van der Waals surface area contributed by atoms with Crippen LogP contribution in [-0.2, 0) is 24.1 Å². The first-order chi connectivity index (χ1) is 30.9. The smallest absolute Gasteiger partial charge is 0.390 e. The van der Waals surface area contributed by atoms with Gasteiger partial charge in [-0.3, -0.25) is 9.35 Å². The Labute approximate surface area is 392 Å². The van der Waals surface area contributed by atoms with Crippen molar-refractivity contribution in [2.75, 3.05) is 6.61 Å². The molecule has 1 saturated heterocycles. The molecule has 0 aromatic carbocycles. The topological polar surface area (TPSA) is 203 Å². The van der Waals surface area contributed by atoms with Crippen LogP contribution in [0.2, 0.25) is 0 Å². The van der Waals surface area contributed by atoms with Crippen molar-refractivity contribution in [3.8, 4) is 0 Å². The molecule has 6 unspecified atom stereocenters. The summed E-state index contributed by atoms with van der Waals surface area (Å²) >= 11 is 0. The Balaban J connectivity index is 2.39. The molecular formula is C51H101NO11S. The highest BCUT2D eigenvalue weighted by Crippen LogP contribution is 2.27. The van der Waals surface area contributed by atoms with Gasteiger partial charge in [0.1, 0.15) is 24.4 Å². The summed E-state index contributed by atoms with van der Waals surface area (Å²) in [6.07, 6.45) is 34.9. The first kappa shape index (κ1) is 61.1. The van der Waals surface area contributed by atoms with Gasteiger partial charge < -0.3 is 35.6 Å². The Kier molecular flexibility index (Phi) is 39.3. The average molecular weight is 936 g/mol. The van der Waals surface area contributed by atoms with Crippen LogP contribution in [0.15, 0.2) is 0 Å². The predicted octanol–water partition coefficient (Wildman–Crippen LogP) is 11.1. The van der Waals surface area contributed by atoms with Crippen molar-refractivity contribution in [3.05, 3.63) is 0 Å². The lowest BCUT2D eigenvalue weighted by Crippen LogP contribution is -2.59. The number of aliphatic hydroxyl groups excluding tert-OH is 5. The lowest BCUT2D eigenvalue weighted by atomic mass is 9.90. The van der Waals surface area contributed by atoms with Gasteiger partial charge in [0.05, 0.1) is 31.0 Å². The third-order valence-corrected chi connectivity index (χ3v) is 13.9. The van der Waals surface area contributed by atoms with Crippen molar-refractivity contribution in [1.82, 2.24) is 5.32 Å². The number of unbranched alkanes of at least 4 members (excludes halogenated alkanes) is 33. The lowest BCUT2D eigenvalue weighted by Gasteiger charge is -2.41. The minimum atomic E-state index is -4.85. The molecule has 12 nitrogen and oxygen atoms in total. The fourth-order valence-electron chi connectivity index (χ4n) is 9.21. The molecule has 0 radical (unpaired) electrons. The van der Waals surface area contributed by atoms with Crippen molar-refractivity contribution in [3.63, 3.8) is 0 Å². The van der Waals surface area contributed by atoms with E-state index in [4.69, 9.17) is 9.29 Å². The molecule has 1 aliphatic rings. The first-order valence-electron chi connectivity index (χ1n) is 26.9. The first-order valence-corrected chi connectivity index (χ1v) is 28.2. The summed E-state index contributed by atoms with van der Waals surface area (Å²) in [6.45, 7) is 3.72. The van der Waals surface area contributed by atoms with Gasteiger partial charge in [0, 0.05) is 6.42 Å². The molecule has 0 aromatic heterocycles.